The number of hydrogen-bond acceptors (Lipinski definition) is 3. The predicted octanol–water partition coefficient (Wildman–Crippen LogP) is 0.0962. The van der Waals surface area contributed by atoms with E-state index >= 15 is 0 Å². The molecule has 3 rings (SSSR count). The molecule has 3 saturated heterocycles. The topological polar surface area (TPSA) is 37.4 Å². The van der Waals surface area contributed by atoms with E-state index in [4.69, 9.17) is 0 Å². The average Bonchev–Trinajstić information content (AvgIpc) is 2.18. The fourth-order valence-corrected chi connectivity index (χ4v) is 2.37. The number of aldehydes is 1. The number of piperidine rings is 3. The fourth-order valence-electron chi connectivity index (χ4n) is 2.37. The molecule has 3 aliphatic heterocycles. The Kier molecular flexibility index (Phi) is 1.97. The van der Waals surface area contributed by atoms with E-state index in [-0.39, 0.29) is 11.7 Å². The largest absolute Gasteiger partial charge is 0.303 e. The lowest BCUT2D eigenvalue weighted by atomic mass is 9.77. The molecular weight excluding hydrogens is 154 g/mol. The normalized spacial score (nSPS) is 39.5. The van der Waals surface area contributed by atoms with Crippen LogP contribution in [-0.4, -0.2) is 36.6 Å². The lowest BCUT2D eigenvalue weighted by molar-refractivity contribution is -0.136. The van der Waals surface area contributed by atoms with Crippen molar-refractivity contribution in [3.05, 3.63) is 0 Å². The summed E-state index contributed by atoms with van der Waals surface area (Å²) in [7, 11) is 0. The second-order valence-corrected chi connectivity index (χ2v) is 3.76. The highest BCUT2D eigenvalue weighted by Crippen LogP contribution is 2.32. The van der Waals surface area contributed by atoms with Gasteiger partial charge in [-0.3, -0.25) is 9.59 Å². The van der Waals surface area contributed by atoms with Crippen molar-refractivity contribution in [3.8, 4) is 0 Å². The zero-order valence-electron chi connectivity index (χ0n) is 7.03. The lowest BCUT2D eigenvalue weighted by Crippen LogP contribution is -2.50. The molecule has 0 N–H and O–H groups in total. The third-order valence-corrected chi connectivity index (χ3v) is 3.14. The van der Waals surface area contributed by atoms with Crippen LogP contribution in [-0.2, 0) is 9.59 Å². The molecule has 3 heterocycles. The standard InChI is InChI=1S/C9H13NO2/c11-6-9(12)8-5-10-3-1-7(8)2-4-10/h6-8H,1-5H2. The van der Waals surface area contributed by atoms with Gasteiger partial charge in [0.2, 0.25) is 0 Å². The first-order chi connectivity index (χ1) is 5.81. The van der Waals surface area contributed by atoms with Gasteiger partial charge in [0, 0.05) is 12.5 Å². The molecular formula is C9H13NO2. The summed E-state index contributed by atoms with van der Waals surface area (Å²) >= 11 is 0. The van der Waals surface area contributed by atoms with E-state index in [0.717, 1.165) is 32.5 Å². The zero-order valence-corrected chi connectivity index (χ0v) is 7.03. The number of hydrogen-bond donors (Lipinski definition) is 0. The summed E-state index contributed by atoms with van der Waals surface area (Å²) in [6.45, 7) is 3.06. The lowest BCUT2D eigenvalue weighted by Gasteiger charge is -2.43. The van der Waals surface area contributed by atoms with Crippen LogP contribution < -0.4 is 0 Å². The van der Waals surface area contributed by atoms with Gasteiger partial charge in [-0.1, -0.05) is 0 Å². The molecule has 0 amide bonds. The Balaban J connectivity index is 2.08. The monoisotopic (exact) mass is 167 g/mol. The zero-order chi connectivity index (χ0) is 8.55. The molecule has 0 aliphatic carbocycles. The van der Waals surface area contributed by atoms with Crippen LogP contribution in [0.15, 0.2) is 0 Å². The molecule has 3 aliphatic rings. The molecule has 1 unspecified atom stereocenters. The molecule has 0 aromatic rings. The minimum absolute atomic E-state index is 0.0185. The maximum Gasteiger partial charge on any atom is 0.199 e. The summed E-state index contributed by atoms with van der Waals surface area (Å²) in [6.07, 6.45) is 2.70. The molecule has 0 spiro atoms. The summed E-state index contributed by atoms with van der Waals surface area (Å²) in [5.41, 5.74) is 0. The Morgan fingerprint density at radius 2 is 2.00 bits per heavy atom. The number of carbonyl (C=O) groups excluding carboxylic acids is 2. The second kappa shape index (κ2) is 2.98. The van der Waals surface area contributed by atoms with Gasteiger partial charge in [0.05, 0.1) is 0 Å². The van der Waals surface area contributed by atoms with E-state index in [1.54, 1.807) is 0 Å². The molecule has 0 aromatic heterocycles. The minimum atomic E-state index is -0.190. The van der Waals surface area contributed by atoms with Gasteiger partial charge >= 0.3 is 0 Å². The van der Waals surface area contributed by atoms with Gasteiger partial charge in [-0.2, -0.15) is 0 Å². The fraction of sp³-hybridized carbons (Fsp3) is 0.778. The van der Waals surface area contributed by atoms with Crippen LogP contribution in [0.5, 0.6) is 0 Å². The van der Waals surface area contributed by atoms with Crippen LogP contribution in [0, 0.1) is 11.8 Å². The van der Waals surface area contributed by atoms with Gasteiger partial charge in [0.15, 0.2) is 12.1 Å². The maximum absolute atomic E-state index is 11.2. The van der Waals surface area contributed by atoms with Crippen molar-refractivity contribution in [1.29, 1.82) is 0 Å². The van der Waals surface area contributed by atoms with Crippen molar-refractivity contribution in [1.82, 2.24) is 4.90 Å². The number of carbonyl (C=O) groups is 2. The van der Waals surface area contributed by atoms with E-state index in [9.17, 15) is 9.59 Å². The third kappa shape index (κ3) is 1.18. The summed E-state index contributed by atoms with van der Waals surface area (Å²) in [6, 6.07) is 0. The van der Waals surface area contributed by atoms with Crippen LogP contribution in [0.1, 0.15) is 12.8 Å². The summed E-state index contributed by atoms with van der Waals surface area (Å²) < 4.78 is 0. The highest BCUT2D eigenvalue weighted by Gasteiger charge is 2.37. The Bertz CT molecular complexity index is 207. The van der Waals surface area contributed by atoms with Crippen LogP contribution in [0.3, 0.4) is 0 Å². The van der Waals surface area contributed by atoms with E-state index in [1.165, 1.54) is 0 Å². The number of fused-ring (bicyclic) bond motifs is 3. The van der Waals surface area contributed by atoms with Gasteiger partial charge in [0.1, 0.15) is 0 Å². The number of ketones is 1. The van der Waals surface area contributed by atoms with Crippen molar-refractivity contribution < 1.29 is 9.59 Å². The quantitative estimate of drug-likeness (QED) is 0.432. The first-order valence-corrected chi connectivity index (χ1v) is 4.52. The van der Waals surface area contributed by atoms with Crippen molar-refractivity contribution in [2.75, 3.05) is 19.6 Å². The molecule has 3 fully saturated rings. The van der Waals surface area contributed by atoms with Crippen LogP contribution in [0.4, 0.5) is 0 Å². The molecule has 66 valence electrons. The van der Waals surface area contributed by atoms with Gasteiger partial charge in [-0.05, 0) is 31.8 Å². The number of Topliss-reactive ketones (excluding diaryl/α,β-unsaturated/α-hetero) is 1. The first kappa shape index (κ1) is 7.92. The summed E-state index contributed by atoms with van der Waals surface area (Å²) in [5, 5.41) is 0. The molecule has 0 radical (unpaired) electrons. The predicted molar refractivity (Wildman–Crippen MR) is 43.7 cm³/mol. The van der Waals surface area contributed by atoms with E-state index in [1.807, 2.05) is 0 Å². The van der Waals surface area contributed by atoms with Crippen molar-refractivity contribution >= 4 is 12.1 Å². The maximum atomic E-state index is 11.2. The Hall–Kier alpha value is -0.700. The molecule has 3 nitrogen and oxygen atoms in total. The second-order valence-electron chi connectivity index (χ2n) is 3.76. The van der Waals surface area contributed by atoms with Crippen molar-refractivity contribution in [2.45, 2.75) is 12.8 Å². The van der Waals surface area contributed by atoms with E-state index in [2.05, 4.69) is 4.90 Å². The Morgan fingerprint density at radius 1 is 1.33 bits per heavy atom. The number of rotatable bonds is 2. The molecule has 0 aromatic carbocycles. The Morgan fingerprint density at radius 3 is 2.42 bits per heavy atom. The highest BCUT2D eigenvalue weighted by molar-refractivity contribution is 6.26. The highest BCUT2D eigenvalue weighted by atomic mass is 16.2. The average molecular weight is 167 g/mol. The van der Waals surface area contributed by atoms with Crippen molar-refractivity contribution in [2.24, 2.45) is 11.8 Å². The summed E-state index contributed by atoms with van der Waals surface area (Å²) in [5.74, 6) is 0.321. The molecule has 12 heavy (non-hydrogen) atoms. The van der Waals surface area contributed by atoms with Gasteiger partial charge in [-0.25, -0.2) is 0 Å². The van der Waals surface area contributed by atoms with Crippen molar-refractivity contribution in [3.63, 3.8) is 0 Å². The number of nitrogens with zero attached hydrogens (tertiary/aromatic N) is 1. The smallest absolute Gasteiger partial charge is 0.199 e. The molecule has 0 saturated carbocycles. The first-order valence-electron chi connectivity index (χ1n) is 4.52. The SMILES string of the molecule is O=CC(=O)C1CN2CCC1CC2. The van der Waals surface area contributed by atoms with Gasteiger partial charge in [-0.15, -0.1) is 0 Å². The van der Waals surface area contributed by atoms with Gasteiger partial charge < -0.3 is 4.90 Å². The van der Waals surface area contributed by atoms with Crippen LogP contribution >= 0.6 is 0 Å². The van der Waals surface area contributed by atoms with E-state index < -0.39 is 0 Å². The molecule has 2 bridgehead atoms. The molecule has 3 heteroatoms. The van der Waals surface area contributed by atoms with E-state index in [0.29, 0.717) is 12.2 Å². The third-order valence-electron chi connectivity index (χ3n) is 3.14. The summed E-state index contributed by atoms with van der Waals surface area (Å²) in [4.78, 5) is 23.8. The minimum Gasteiger partial charge on any atom is -0.303 e. The van der Waals surface area contributed by atoms with Gasteiger partial charge in [0.25, 0.3) is 0 Å². The van der Waals surface area contributed by atoms with Crippen LogP contribution in [0.2, 0.25) is 0 Å². The Labute approximate surface area is 71.7 Å². The van der Waals surface area contributed by atoms with Crippen LogP contribution in [0.25, 0.3) is 0 Å². The molecule has 1 atom stereocenters.